The van der Waals surface area contributed by atoms with Crippen LogP contribution in [0.15, 0.2) is 48.8 Å². The summed E-state index contributed by atoms with van der Waals surface area (Å²) in [6.07, 6.45) is 4.12. The molecule has 35 heavy (non-hydrogen) atoms. The predicted octanol–water partition coefficient (Wildman–Crippen LogP) is 2.60. The molecule has 2 amide bonds. The maximum absolute atomic E-state index is 12.7. The first-order valence-electron chi connectivity index (χ1n) is 12.5. The third kappa shape index (κ3) is 5.06. The lowest BCUT2D eigenvalue weighted by Crippen LogP contribution is -2.61. The Kier molecular flexibility index (Phi) is 7.06. The van der Waals surface area contributed by atoms with E-state index in [-0.39, 0.29) is 12.1 Å². The van der Waals surface area contributed by atoms with Gasteiger partial charge in [-0.2, -0.15) is 5.10 Å². The van der Waals surface area contributed by atoms with Gasteiger partial charge in [0.05, 0.1) is 30.4 Å². The van der Waals surface area contributed by atoms with Gasteiger partial charge in [0.1, 0.15) is 0 Å². The van der Waals surface area contributed by atoms with E-state index in [2.05, 4.69) is 70.2 Å². The number of carbonyl (C=O) groups excluding carboxylic acids is 1. The Morgan fingerprint density at radius 1 is 1.03 bits per heavy atom. The van der Waals surface area contributed by atoms with Gasteiger partial charge in [-0.05, 0) is 36.4 Å². The first kappa shape index (κ1) is 23.4. The standard InChI is InChI=1S/C26H35N7O2/c1-3-27-10-11-28-22-6-4-20(5-7-22)21-16-25-24(8-9-29-33(25)17-21)30-12-14-31(15-13-30)26(34)32-18-23(19-32)35-2/h4-9,16-17,23,27-28H,3,10-15,18-19H2,1-2H3. The van der Waals surface area contributed by atoms with Crippen LogP contribution in [0.5, 0.6) is 0 Å². The van der Waals surface area contributed by atoms with Gasteiger partial charge < -0.3 is 30.1 Å². The molecule has 4 heterocycles. The number of benzene rings is 1. The van der Waals surface area contributed by atoms with E-state index >= 15 is 0 Å². The Balaban J connectivity index is 1.24. The van der Waals surface area contributed by atoms with Crippen LogP contribution in [0.4, 0.5) is 16.2 Å². The topological polar surface area (TPSA) is 77.4 Å². The molecule has 2 saturated heterocycles. The number of nitrogens with one attached hydrogen (secondary N) is 2. The molecule has 0 radical (unpaired) electrons. The third-order valence-corrected chi connectivity index (χ3v) is 6.93. The third-order valence-electron chi connectivity index (χ3n) is 6.93. The fourth-order valence-electron chi connectivity index (χ4n) is 4.76. The molecule has 0 atom stereocenters. The Morgan fingerprint density at radius 3 is 2.51 bits per heavy atom. The first-order chi connectivity index (χ1) is 17.2. The molecule has 3 aromatic rings. The second kappa shape index (κ2) is 10.5. The number of rotatable bonds is 8. The van der Waals surface area contributed by atoms with Crippen molar-refractivity contribution in [3.8, 4) is 11.1 Å². The van der Waals surface area contributed by atoms with Crippen molar-refractivity contribution in [2.45, 2.75) is 13.0 Å². The van der Waals surface area contributed by atoms with Crippen LogP contribution >= 0.6 is 0 Å². The molecule has 0 unspecified atom stereocenters. The van der Waals surface area contributed by atoms with E-state index in [9.17, 15) is 4.79 Å². The second-order valence-electron chi connectivity index (χ2n) is 9.15. The minimum Gasteiger partial charge on any atom is -0.384 e. The Labute approximate surface area is 206 Å². The van der Waals surface area contributed by atoms with Crippen LogP contribution in [0, 0.1) is 0 Å². The number of aromatic nitrogens is 2. The number of anilines is 2. The summed E-state index contributed by atoms with van der Waals surface area (Å²) in [5.41, 5.74) is 5.67. The van der Waals surface area contributed by atoms with E-state index < -0.39 is 0 Å². The summed E-state index contributed by atoms with van der Waals surface area (Å²) < 4.78 is 7.25. The lowest BCUT2D eigenvalue weighted by atomic mass is 10.1. The van der Waals surface area contributed by atoms with Gasteiger partial charge in [-0.3, -0.25) is 0 Å². The zero-order chi connectivity index (χ0) is 24.2. The molecule has 186 valence electrons. The van der Waals surface area contributed by atoms with E-state index in [1.54, 1.807) is 7.11 Å². The number of hydrogen-bond acceptors (Lipinski definition) is 6. The summed E-state index contributed by atoms with van der Waals surface area (Å²) in [6.45, 7) is 9.40. The number of fused-ring (bicyclic) bond motifs is 1. The van der Waals surface area contributed by atoms with Crippen molar-refractivity contribution in [1.29, 1.82) is 0 Å². The number of urea groups is 1. The van der Waals surface area contributed by atoms with Crippen LogP contribution in [0.2, 0.25) is 0 Å². The summed E-state index contributed by atoms with van der Waals surface area (Å²) in [4.78, 5) is 18.9. The maximum Gasteiger partial charge on any atom is 0.320 e. The number of hydrogen-bond donors (Lipinski definition) is 2. The molecule has 1 aromatic carbocycles. The van der Waals surface area contributed by atoms with E-state index in [0.717, 1.165) is 73.8 Å². The van der Waals surface area contributed by atoms with Crippen molar-refractivity contribution in [1.82, 2.24) is 24.7 Å². The van der Waals surface area contributed by atoms with E-state index in [4.69, 9.17) is 4.74 Å². The summed E-state index contributed by atoms with van der Waals surface area (Å²) in [7, 11) is 1.70. The summed E-state index contributed by atoms with van der Waals surface area (Å²) in [6, 6.07) is 13.0. The van der Waals surface area contributed by atoms with E-state index in [1.807, 2.05) is 20.5 Å². The van der Waals surface area contributed by atoms with Crippen LogP contribution < -0.4 is 15.5 Å². The molecule has 0 spiro atoms. The fourth-order valence-corrected chi connectivity index (χ4v) is 4.76. The average Bonchev–Trinajstić information content (AvgIpc) is 3.31. The van der Waals surface area contributed by atoms with Gasteiger partial charge in [0.15, 0.2) is 0 Å². The van der Waals surface area contributed by atoms with Crippen molar-refractivity contribution in [2.24, 2.45) is 0 Å². The van der Waals surface area contributed by atoms with Gasteiger partial charge in [0.2, 0.25) is 0 Å². The largest absolute Gasteiger partial charge is 0.384 e. The van der Waals surface area contributed by atoms with Crippen LogP contribution in [0.1, 0.15) is 6.92 Å². The molecule has 2 aliphatic heterocycles. The fraction of sp³-hybridized carbons (Fsp3) is 0.462. The van der Waals surface area contributed by atoms with Crippen LogP contribution in [0.25, 0.3) is 16.6 Å². The SMILES string of the molecule is CCNCCNc1ccc(-c2cc3c(N4CCN(C(=O)N5CC(OC)C5)CC4)ccnn3c2)cc1. The van der Waals surface area contributed by atoms with Crippen molar-refractivity contribution < 1.29 is 9.53 Å². The maximum atomic E-state index is 12.7. The number of ether oxygens (including phenoxy) is 1. The average molecular weight is 478 g/mol. The van der Waals surface area contributed by atoms with Crippen molar-refractivity contribution in [3.05, 3.63) is 48.8 Å². The summed E-state index contributed by atoms with van der Waals surface area (Å²) in [5, 5.41) is 11.3. The lowest BCUT2D eigenvalue weighted by molar-refractivity contribution is -0.0158. The van der Waals surface area contributed by atoms with E-state index in [0.29, 0.717) is 13.1 Å². The summed E-state index contributed by atoms with van der Waals surface area (Å²) in [5.74, 6) is 0. The molecule has 9 heteroatoms. The van der Waals surface area contributed by atoms with Crippen molar-refractivity contribution in [2.75, 3.05) is 76.2 Å². The van der Waals surface area contributed by atoms with Crippen LogP contribution in [-0.4, -0.2) is 97.6 Å². The van der Waals surface area contributed by atoms with Gasteiger partial charge >= 0.3 is 6.03 Å². The molecule has 0 aliphatic carbocycles. The lowest BCUT2D eigenvalue weighted by Gasteiger charge is -2.43. The molecule has 2 aromatic heterocycles. The highest BCUT2D eigenvalue weighted by Crippen LogP contribution is 2.29. The number of likely N-dealkylation sites (tertiary alicyclic amines) is 1. The molecule has 9 nitrogen and oxygen atoms in total. The Bertz CT molecular complexity index is 1130. The minimum atomic E-state index is 0.127. The smallest absolute Gasteiger partial charge is 0.320 e. The molecule has 2 fully saturated rings. The van der Waals surface area contributed by atoms with Gasteiger partial charge in [0.25, 0.3) is 0 Å². The Hall–Kier alpha value is -3.30. The van der Waals surface area contributed by atoms with Gasteiger partial charge in [-0.25, -0.2) is 9.31 Å². The first-order valence-corrected chi connectivity index (χ1v) is 12.5. The van der Waals surface area contributed by atoms with Gasteiger partial charge in [0, 0.05) is 70.0 Å². The van der Waals surface area contributed by atoms with Crippen LogP contribution in [-0.2, 0) is 4.74 Å². The molecule has 5 rings (SSSR count). The molecular weight excluding hydrogens is 442 g/mol. The monoisotopic (exact) mass is 477 g/mol. The quantitative estimate of drug-likeness (QED) is 0.486. The number of nitrogens with zero attached hydrogens (tertiary/aromatic N) is 5. The van der Waals surface area contributed by atoms with Crippen molar-refractivity contribution >= 4 is 22.9 Å². The number of likely N-dealkylation sites (N-methyl/N-ethyl adjacent to an activating group) is 1. The second-order valence-corrected chi connectivity index (χ2v) is 9.15. The molecule has 2 aliphatic rings. The minimum absolute atomic E-state index is 0.127. The van der Waals surface area contributed by atoms with Crippen LogP contribution in [0.3, 0.4) is 0 Å². The van der Waals surface area contributed by atoms with Gasteiger partial charge in [-0.15, -0.1) is 0 Å². The number of methoxy groups -OCH3 is 1. The molecular formula is C26H35N7O2. The molecule has 2 N–H and O–H groups in total. The normalized spacial score (nSPS) is 16.6. The number of piperazine rings is 1. The summed E-state index contributed by atoms with van der Waals surface area (Å²) >= 11 is 0. The van der Waals surface area contributed by atoms with E-state index in [1.165, 1.54) is 0 Å². The zero-order valence-electron chi connectivity index (χ0n) is 20.6. The number of carbonyl (C=O) groups is 1. The molecule has 0 saturated carbocycles. The highest BCUT2D eigenvalue weighted by atomic mass is 16.5. The Morgan fingerprint density at radius 2 is 1.80 bits per heavy atom. The van der Waals surface area contributed by atoms with Gasteiger partial charge in [-0.1, -0.05) is 19.1 Å². The highest BCUT2D eigenvalue weighted by Gasteiger charge is 2.34. The molecule has 0 bridgehead atoms. The highest BCUT2D eigenvalue weighted by molar-refractivity contribution is 5.81. The predicted molar refractivity (Wildman–Crippen MR) is 139 cm³/mol. The van der Waals surface area contributed by atoms with Crippen molar-refractivity contribution in [3.63, 3.8) is 0 Å². The zero-order valence-corrected chi connectivity index (χ0v) is 20.6. The number of amides is 2.